The molecule has 0 aliphatic heterocycles. The third-order valence-corrected chi connectivity index (χ3v) is 5.57. The molecule has 0 aromatic heterocycles. The molecule has 2 heteroatoms. The van der Waals surface area contributed by atoms with Gasteiger partial charge in [-0.15, -0.1) is 0 Å². The fourth-order valence-corrected chi connectivity index (χ4v) is 3.95. The third kappa shape index (κ3) is 4.17. The number of carbonyl (C=O) groups excluding carboxylic acids is 1. The summed E-state index contributed by atoms with van der Waals surface area (Å²) in [6.07, 6.45) is 3.52. The Hall–Kier alpha value is -4.17. The van der Waals surface area contributed by atoms with Crippen molar-refractivity contribution in [2.45, 2.75) is 6.61 Å². The SMILES string of the molecule is O=C(/C=C/c1ccc(OCc2ccccc2)cc1)c1c2ccccc2cc2ccccc12. The summed E-state index contributed by atoms with van der Waals surface area (Å²) in [7, 11) is 0. The van der Waals surface area contributed by atoms with E-state index in [0.717, 1.165) is 44.0 Å². The summed E-state index contributed by atoms with van der Waals surface area (Å²) in [6, 6.07) is 36.1. The van der Waals surface area contributed by atoms with Gasteiger partial charge in [0.2, 0.25) is 0 Å². The fourth-order valence-electron chi connectivity index (χ4n) is 3.95. The summed E-state index contributed by atoms with van der Waals surface area (Å²) in [5.74, 6) is 0.805. The van der Waals surface area contributed by atoms with Gasteiger partial charge in [0, 0.05) is 5.56 Å². The minimum atomic E-state index is 0.00223. The van der Waals surface area contributed by atoms with Gasteiger partial charge in [0.25, 0.3) is 0 Å². The number of hydrogen-bond acceptors (Lipinski definition) is 2. The first kappa shape index (κ1) is 19.8. The summed E-state index contributed by atoms with van der Waals surface area (Å²) in [6.45, 7) is 0.530. The smallest absolute Gasteiger partial charge is 0.187 e. The maximum Gasteiger partial charge on any atom is 0.187 e. The van der Waals surface area contributed by atoms with Crippen LogP contribution in [0.2, 0.25) is 0 Å². The number of benzene rings is 5. The Labute approximate surface area is 187 Å². The predicted molar refractivity (Wildman–Crippen MR) is 132 cm³/mol. The summed E-state index contributed by atoms with van der Waals surface area (Å²) in [5, 5.41) is 4.10. The lowest BCUT2D eigenvalue weighted by molar-refractivity contribution is 0.105. The van der Waals surface area contributed by atoms with Crippen LogP contribution >= 0.6 is 0 Å². The molecule has 5 rings (SSSR count). The Kier molecular flexibility index (Phi) is 5.50. The van der Waals surface area contributed by atoms with Crippen molar-refractivity contribution in [3.05, 3.63) is 132 Å². The minimum absolute atomic E-state index is 0.00223. The van der Waals surface area contributed by atoms with Crippen LogP contribution in [0.15, 0.2) is 115 Å². The summed E-state index contributed by atoms with van der Waals surface area (Å²) < 4.78 is 5.85. The molecule has 0 heterocycles. The molecule has 32 heavy (non-hydrogen) atoms. The normalized spacial score (nSPS) is 11.2. The molecular formula is C30H22O2. The zero-order valence-electron chi connectivity index (χ0n) is 17.6. The van der Waals surface area contributed by atoms with Crippen molar-refractivity contribution >= 4 is 33.4 Å². The second-order valence-corrected chi connectivity index (χ2v) is 7.73. The highest BCUT2D eigenvalue weighted by molar-refractivity contribution is 6.23. The van der Waals surface area contributed by atoms with Crippen molar-refractivity contribution in [2.75, 3.05) is 0 Å². The van der Waals surface area contributed by atoms with Gasteiger partial charge in [-0.1, -0.05) is 97.1 Å². The molecule has 0 bridgehead atoms. The van der Waals surface area contributed by atoms with E-state index < -0.39 is 0 Å². The van der Waals surface area contributed by atoms with E-state index in [4.69, 9.17) is 4.74 Å². The Morgan fingerprint density at radius 1 is 0.688 bits per heavy atom. The van der Waals surface area contributed by atoms with Gasteiger partial charge >= 0.3 is 0 Å². The van der Waals surface area contributed by atoms with Gasteiger partial charge < -0.3 is 4.74 Å². The number of carbonyl (C=O) groups is 1. The first-order chi connectivity index (χ1) is 15.8. The van der Waals surface area contributed by atoms with Crippen molar-refractivity contribution in [3.8, 4) is 5.75 Å². The maximum absolute atomic E-state index is 13.3. The van der Waals surface area contributed by atoms with E-state index in [0.29, 0.717) is 6.61 Å². The fraction of sp³-hybridized carbons (Fsp3) is 0.0333. The molecule has 0 fully saturated rings. The van der Waals surface area contributed by atoms with Crippen LogP contribution in [0.1, 0.15) is 21.5 Å². The van der Waals surface area contributed by atoms with Gasteiger partial charge in [0.05, 0.1) is 0 Å². The van der Waals surface area contributed by atoms with Crippen molar-refractivity contribution in [1.82, 2.24) is 0 Å². The van der Waals surface area contributed by atoms with Crippen LogP contribution in [-0.2, 0) is 6.61 Å². The largest absolute Gasteiger partial charge is 0.489 e. The Bertz CT molecular complexity index is 1360. The Morgan fingerprint density at radius 2 is 1.28 bits per heavy atom. The van der Waals surface area contributed by atoms with Crippen LogP contribution in [0, 0.1) is 0 Å². The van der Waals surface area contributed by atoms with E-state index in [1.165, 1.54) is 0 Å². The number of ether oxygens (including phenoxy) is 1. The third-order valence-electron chi connectivity index (χ3n) is 5.57. The Balaban J connectivity index is 1.38. The average molecular weight is 415 g/mol. The lowest BCUT2D eigenvalue weighted by atomic mass is 9.94. The highest BCUT2D eigenvalue weighted by Crippen LogP contribution is 2.29. The molecule has 0 aliphatic rings. The van der Waals surface area contributed by atoms with E-state index in [2.05, 4.69) is 18.2 Å². The number of ketones is 1. The summed E-state index contributed by atoms with van der Waals surface area (Å²) >= 11 is 0. The lowest BCUT2D eigenvalue weighted by Gasteiger charge is -2.09. The van der Waals surface area contributed by atoms with Crippen LogP contribution in [-0.4, -0.2) is 5.78 Å². The Morgan fingerprint density at radius 3 is 1.94 bits per heavy atom. The van der Waals surface area contributed by atoms with Crippen molar-refractivity contribution in [2.24, 2.45) is 0 Å². The zero-order valence-corrected chi connectivity index (χ0v) is 17.6. The van der Waals surface area contributed by atoms with Gasteiger partial charge in [-0.05, 0) is 56.9 Å². The van der Waals surface area contributed by atoms with Crippen molar-refractivity contribution in [1.29, 1.82) is 0 Å². The predicted octanol–water partition coefficient (Wildman–Crippen LogP) is 7.47. The molecule has 0 radical (unpaired) electrons. The molecule has 0 amide bonds. The van der Waals surface area contributed by atoms with Gasteiger partial charge in [0.1, 0.15) is 12.4 Å². The molecule has 0 spiro atoms. The maximum atomic E-state index is 13.3. The van der Waals surface area contributed by atoms with E-state index in [9.17, 15) is 4.79 Å². The lowest BCUT2D eigenvalue weighted by Crippen LogP contribution is -1.98. The van der Waals surface area contributed by atoms with Gasteiger partial charge in [-0.3, -0.25) is 4.79 Å². The number of rotatable bonds is 6. The summed E-state index contributed by atoms with van der Waals surface area (Å²) in [5.41, 5.74) is 2.83. The van der Waals surface area contributed by atoms with E-state index >= 15 is 0 Å². The highest BCUT2D eigenvalue weighted by atomic mass is 16.5. The molecule has 5 aromatic rings. The number of hydrogen-bond donors (Lipinski definition) is 0. The van der Waals surface area contributed by atoms with Crippen LogP contribution in [0.5, 0.6) is 5.75 Å². The van der Waals surface area contributed by atoms with Crippen LogP contribution < -0.4 is 4.74 Å². The first-order valence-electron chi connectivity index (χ1n) is 10.7. The topological polar surface area (TPSA) is 26.3 Å². The molecule has 0 unspecified atom stereocenters. The van der Waals surface area contributed by atoms with Crippen molar-refractivity contribution in [3.63, 3.8) is 0 Å². The second-order valence-electron chi connectivity index (χ2n) is 7.73. The molecule has 154 valence electrons. The average Bonchev–Trinajstić information content (AvgIpc) is 2.86. The molecule has 2 nitrogen and oxygen atoms in total. The number of allylic oxidation sites excluding steroid dienone is 1. The van der Waals surface area contributed by atoms with Crippen LogP contribution in [0.4, 0.5) is 0 Å². The number of fused-ring (bicyclic) bond motifs is 2. The molecule has 0 atom stereocenters. The zero-order chi connectivity index (χ0) is 21.8. The van der Waals surface area contributed by atoms with Crippen molar-refractivity contribution < 1.29 is 9.53 Å². The monoisotopic (exact) mass is 414 g/mol. The van der Waals surface area contributed by atoms with Gasteiger partial charge in [-0.25, -0.2) is 0 Å². The van der Waals surface area contributed by atoms with Crippen LogP contribution in [0.3, 0.4) is 0 Å². The van der Waals surface area contributed by atoms with E-state index in [1.54, 1.807) is 6.08 Å². The van der Waals surface area contributed by atoms with E-state index in [-0.39, 0.29) is 5.78 Å². The first-order valence-corrected chi connectivity index (χ1v) is 10.7. The quantitative estimate of drug-likeness (QED) is 0.164. The molecule has 0 saturated carbocycles. The van der Waals surface area contributed by atoms with Gasteiger partial charge in [-0.2, -0.15) is 0 Å². The second kappa shape index (κ2) is 8.91. The summed E-state index contributed by atoms with van der Waals surface area (Å²) in [4.78, 5) is 13.3. The minimum Gasteiger partial charge on any atom is -0.489 e. The van der Waals surface area contributed by atoms with E-state index in [1.807, 2.05) is 97.1 Å². The molecule has 0 N–H and O–H groups in total. The molecule has 0 aliphatic carbocycles. The van der Waals surface area contributed by atoms with Crippen LogP contribution in [0.25, 0.3) is 27.6 Å². The highest BCUT2D eigenvalue weighted by Gasteiger charge is 2.12. The molecule has 0 saturated heterocycles. The molecule has 5 aromatic carbocycles. The standard InChI is InChI=1S/C30H22O2/c31-29(30-27-12-6-4-10-24(27)20-25-11-5-7-13-28(25)30)19-16-22-14-17-26(18-15-22)32-21-23-8-2-1-3-9-23/h1-20H,21H2/b19-16+. The van der Waals surface area contributed by atoms with Gasteiger partial charge in [0.15, 0.2) is 5.78 Å². The molecular weight excluding hydrogens is 392 g/mol.